The molecule has 0 spiro atoms. The SMILES string of the molecule is Cc1cc2c(CNSN)c3c(nc2cc1F)-c1cc(C)c(COC(=O)O)c(=O)n1C3. The zero-order valence-corrected chi connectivity index (χ0v) is 17.1. The standard InChI is InChI=1S/C20H19FN4O4S/c1-9-4-17-18-13(7-25(17)19(26)14(9)8-29-20(27)28)12(6-23-30-22)11-3-10(2)15(21)5-16(11)24-18/h3-5,23H,6-8,22H2,1-2H3,(H,27,28). The minimum absolute atomic E-state index is 0.273. The lowest BCUT2D eigenvalue weighted by Crippen LogP contribution is -2.25. The lowest BCUT2D eigenvalue weighted by Gasteiger charge is -2.13. The largest absolute Gasteiger partial charge is 0.506 e. The summed E-state index contributed by atoms with van der Waals surface area (Å²) >= 11 is 0.974. The number of aromatic nitrogens is 2. The van der Waals surface area contributed by atoms with Crippen molar-refractivity contribution in [2.75, 3.05) is 0 Å². The molecule has 30 heavy (non-hydrogen) atoms. The minimum Gasteiger partial charge on any atom is -0.450 e. The van der Waals surface area contributed by atoms with Crippen molar-refractivity contribution >= 4 is 29.2 Å². The molecule has 8 nitrogen and oxygen atoms in total. The van der Waals surface area contributed by atoms with Gasteiger partial charge in [0.05, 0.1) is 29.0 Å². The van der Waals surface area contributed by atoms with Gasteiger partial charge in [0, 0.05) is 35.7 Å². The van der Waals surface area contributed by atoms with Gasteiger partial charge in [-0.3, -0.25) is 9.93 Å². The molecule has 2 aromatic heterocycles. The molecular formula is C20H19FN4O4S. The van der Waals surface area contributed by atoms with Crippen LogP contribution in [0.4, 0.5) is 9.18 Å². The molecule has 3 heterocycles. The molecule has 3 aromatic rings. The highest BCUT2D eigenvalue weighted by molar-refractivity contribution is 7.95. The van der Waals surface area contributed by atoms with Crippen molar-refractivity contribution in [3.05, 3.63) is 62.2 Å². The molecular weight excluding hydrogens is 411 g/mol. The van der Waals surface area contributed by atoms with E-state index >= 15 is 0 Å². The summed E-state index contributed by atoms with van der Waals surface area (Å²) in [5.41, 5.74) is 4.50. The summed E-state index contributed by atoms with van der Waals surface area (Å²) in [6.45, 7) is 3.76. The topological polar surface area (TPSA) is 119 Å². The highest BCUT2D eigenvalue weighted by Crippen LogP contribution is 2.36. The fraction of sp³-hybridized carbons (Fsp3) is 0.250. The van der Waals surface area contributed by atoms with Crippen molar-refractivity contribution in [2.45, 2.75) is 33.5 Å². The van der Waals surface area contributed by atoms with E-state index in [0.29, 0.717) is 34.6 Å². The summed E-state index contributed by atoms with van der Waals surface area (Å²) < 4.78 is 23.4. The van der Waals surface area contributed by atoms with E-state index in [4.69, 9.17) is 10.2 Å². The van der Waals surface area contributed by atoms with E-state index in [1.165, 1.54) is 6.07 Å². The van der Waals surface area contributed by atoms with Gasteiger partial charge in [-0.25, -0.2) is 18.9 Å². The van der Waals surface area contributed by atoms with Gasteiger partial charge in [-0.05, 0) is 42.7 Å². The second kappa shape index (κ2) is 7.71. The number of hydrogen-bond acceptors (Lipinski definition) is 7. The molecule has 0 atom stereocenters. The van der Waals surface area contributed by atoms with Gasteiger partial charge in [0.15, 0.2) is 0 Å². The number of nitrogens with zero attached hydrogens (tertiary/aromatic N) is 2. The lowest BCUT2D eigenvalue weighted by molar-refractivity contribution is 0.0848. The molecule has 156 valence electrons. The number of benzene rings is 1. The van der Waals surface area contributed by atoms with E-state index in [0.717, 1.165) is 28.6 Å². The Morgan fingerprint density at radius 1 is 1.33 bits per heavy atom. The number of fused-ring (bicyclic) bond motifs is 4. The van der Waals surface area contributed by atoms with E-state index in [9.17, 15) is 14.0 Å². The van der Waals surface area contributed by atoms with Gasteiger partial charge in [-0.1, -0.05) is 0 Å². The van der Waals surface area contributed by atoms with Crippen LogP contribution in [0.3, 0.4) is 0 Å². The van der Waals surface area contributed by atoms with E-state index in [-0.39, 0.29) is 30.1 Å². The molecule has 0 bridgehead atoms. The Labute approximate surface area is 175 Å². The molecule has 0 saturated heterocycles. The van der Waals surface area contributed by atoms with Crippen LogP contribution in [-0.2, 0) is 24.4 Å². The Morgan fingerprint density at radius 2 is 2.10 bits per heavy atom. The van der Waals surface area contributed by atoms with Gasteiger partial charge in [0.25, 0.3) is 5.56 Å². The number of nitrogens with two attached hydrogens (primary N) is 1. The molecule has 0 fully saturated rings. The summed E-state index contributed by atoms with van der Waals surface area (Å²) in [4.78, 5) is 28.5. The number of halogens is 1. The Morgan fingerprint density at radius 3 is 2.80 bits per heavy atom. The summed E-state index contributed by atoms with van der Waals surface area (Å²) in [5, 5.41) is 15.1. The van der Waals surface area contributed by atoms with Crippen molar-refractivity contribution in [1.29, 1.82) is 0 Å². The van der Waals surface area contributed by atoms with Crippen LogP contribution in [-0.4, -0.2) is 20.8 Å². The summed E-state index contributed by atoms with van der Waals surface area (Å²) in [5.74, 6) is -0.352. The molecule has 0 amide bonds. The van der Waals surface area contributed by atoms with Crippen molar-refractivity contribution in [3.8, 4) is 11.4 Å². The summed E-state index contributed by atoms with van der Waals surface area (Å²) in [6.07, 6.45) is -1.44. The Hall–Kier alpha value is -2.95. The van der Waals surface area contributed by atoms with Crippen molar-refractivity contribution in [1.82, 2.24) is 14.3 Å². The van der Waals surface area contributed by atoms with Crippen LogP contribution in [0.25, 0.3) is 22.3 Å². The van der Waals surface area contributed by atoms with Crippen LogP contribution in [0.5, 0.6) is 0 Å². The van der Waals surface area contributed by atoms with Gasteiger partial charge in [-0.15, -0.1) is 0 Å². The zero-order valence-electron chi connectivity index (χ0n) is 16.3. The molecule has 1 aliphatic heterocycles. The van der Waals surface area contributed by atoms with Crippen LogP contribution >= 0.6 is 12.1 Å². The summed E-state index contributed by atoms with van der Waals surface area (Å²) in [6, 6.07) is 4.93. The third-order valence-electron chi connectivity index (χ3n) is 5.34. The Bertz CT molecular complexity index is 1260. The lowest BCUT2D eigenvalue weighted by atomic mass is 9.99. The van der Waals surface area contributed by atoms with Gasteiger partial charge in [0.1, 0.15) is 12.4 Å². The van der Waals surface area contributed by atoms with Crippen molar-refractivity contribution < 1.29 is 19.0 Å². The molecule has 0 unspecified atom stereocenters. The van der Waals surface area contributed by atoms with Crippen LogP contribution in [0.1, 0.15) is 27.8 Å². The second-order valence-corrected chi connectivity index (χ2v) is 7.64. The first-order valence-electron chi connectivity index (χ1n) is 9.11. The smallest absolute Gasteiger partial charge is 0.450 e. The number of carboxylic acid groups (broad SMARTS) is 1. The maximum absolute atomic E-state index is 14.2. The Kier molecular flexibility index (Phi) is 5.22. The van der Waals surface area contributed by atoms with Crippen molar-refractivity contribution in [3.63, 3.8) is 0 Å². The molecule has 0 saturated carbocycles. The first kappa shape index (κ1) is 20.3. The molecule has 0 aliphatic carbocycles. The predicted octanol–water partition coefficient (Wildman–Crippen LogP) is 2.99. The number of carbonyl (C=O) groups is 1. The van der Waals surface area contributed by atoms with Crippen LogP contribution in [0, 0.1) is 19.7 Å². The van der Waals surface area contributed by atoms with Gasteiger partial charge in [0.2, 0.25) is 0 Å². The number of aryl methyl sites for hydroxylation is 2. The highest BCUT2D eigenvalue weighted by atomic mass is 32.2. The van der Waals surface area contributed by atoms with Gasteiger partial charge < -0.3 is 14.4 Å². The second-order valence-electron chi connectivity index (χ2n) is 7.11. The average molecular weight is 430 g/mol. The fourth-order valence-electron chi connectivity index (χ4n) is 3.83. The van der Waals surface area contributed by atoms with E-state index in [2.05, 4.69) is 14.4 Å². The number of pyridine rings is 2. The van der Waals surface area contributed by atoms with E-state index in [1.54, 1.807) is 30.5 Å². The highest BCUT2D eigenvalue weighted by Gasteiger charge is 2.28. The predicted molar refractivity (Wildman–Crippen MR) is 111 cm³/mol. The summed E-state index contributed by atoms with van der Waals surface area (Å²) in [7, 11) is 0. The van der Waals surface area contributed by atoms with E-state index < -0.39 is 6.16 Å². The first-order valence-corrected chi connectivity index (χ1v) is 9.99. The number of nitrogens with one attached hydrogen (secondary N) is 1. The number of ether oxygens (including phenoxy) is 1. The van der Waals surface area contributed by atoms with Gasteiger partial charge in [-0.2, -0.15) is 0 Å². The average Bonchev–Trinajstić information content (AvgIpc) is 3.04. The molecule has 1 aromatic carbocycles. The van der Waals surface area contributed by atoms with Crippen LogP contribution < -0.4 is 15.4 Å². The van der Waals surface area contributed by atoms with Crippen LogP contribution in [0.15, 0.2) is 23.0 Å². The normalized spacial score (nSPS) is 12.1. The minimum atomic E-state index is -1.44. The third kappa shape index (κ3) is 3.32. The number of rotatable bonds is 5. The molecule has 0 radical (unpaired) electrons. The van der Waals surface area contributed by atoms with E-state index in [1.807, 2.05) is 0 Å². The first-order chi connectivity index (χ1) is 14.3. The third-order valence-corrected chi connectivity index (χ3v) is 5.65. The maximum Gasteiger partial charge on any atom is 0.506 e. The van der Waals surface area contributed by atoms with Gasteiger partial charge >= 0.3 is 6.16 Å². The van der Waals surface area contributed by atoms with Crippen molar-refractivity contribution in [2.24, 2.45) is 5.14 Å². The molecule has 10 heteroatoms. The Balaban J connectivity index is 1.93. The molecule has 1 aliphatic rings. The molecule has 4 rings (SSSR count). The molecule has 4 N–H and O–H groups in total. The maximum atomic E-state index is 14.2. The fourth-order valence-corrected chi connectivity index (χ4v) is 4.06. The van der Waals surface area contributed by atoms with Crippen LogP contribution in [0.2, 0.25) is 0 Å². The number of hydrogen-bond donors (Lipinski definition) is 3. The quantitative estimate of drug-likeness (QED) is 0.327. The monoisotopic (exact) mass is 430 g/mol. The zero-order chi connectivity index (χ0) is 21.6.